The maximum absolute atomic E-state index is 11.5. The van der Waals surface area contributed by atoms with Gasteiger partial charge in [-0.2, -0.15) is 0 Å². The number of nitrogens with one attached hydrogen (secondary N) is 1. The number of benzene rings is 1. The Morgan fingerprint density at radius 2 is 1.86 bits per heavy atom. The average Bonchev–Trinajstić information content (AvgIpc) is 2.85. The third-order valence-electron chi connectivity index (χ3n) is 3.64. The predicted octanol–water partition coefficient (Wildman–Crippen LogP) is 1.38. The van der Waals surface area contributed by atoms with E-state index in [1.807, 2.05) is 19.1 Å². The van der Waals surface area contributed by atoms with Gasteiger partial charge < -0.3 is 19.5 Å². The fraction of sp³-hybridized carbons (Fsp3) is 0.600. The highest BCUT2D eigenvalue weighted by atomic mass is 32.2. The van der Waals surface area contributed by atoms with Crippen LogP contribution in [0.4, 0.5) is 0 Å². The molecule has 0 aliphatic carbocycles. The van der Waals surface area contributed by atoms with Gasteiger partial charge in [0, 0.05) is 12.6 Å². The lowest BCUT2D eigenvalue weighted by atomic mass is 10.1. The Morgan fingerprint density at radius 3 is 2.32 bits per heavy atom. The first-order valence-electron chi connectivity index (χ1n) is 7.30. The molecule has 1 aromatic carbocycles. The zero-order valence-electron chi connectivity index (χ0n) is 13.2. The van der Waals surface area contributed by atoms with E-state index in [2.05, 4.69) is 5.32 Å². The van der Waals surface area contributed by atoms with Crippen molar-refractivity contribution in [3.05, 3.63) is 17.7 Å². The standard InChI is InChI=1S/C15H23NO5S/c1-4-21-15-13(19-2)7-11(8-14(15)20-3)9-16-12-5-6-22(17,18)10-12/h7-8,12,16H,4-6,9-10H2,1-3H3/t12-/m0/s1. The van der Waals surface area contributed by atoms with Crippen LogP contribution in [0.2, 0.25) is 0 Å². The molecular formula is C15H23NO5S. The molecule has 6 nitrogen and oxygen atoms in total. The lowest BCUT2D eigenvalue weighted by Gasteiger charge is -2.16. The Bertz CT molecular complexity index is 589. The highest BCUT2D eigenvalue weighted by Gasteiger charge is 2.27. The third-order valence-corrected chi connectivity index (χ3v) is 5.40. The SMILES string of the molecule is CCOc1c(OC)cc(CN[C@H]2CCS(=O)(=O)C2)cc1OC. The smallest absolute Gasteiger partial charge is 0.203 e. The van der Waals surface area contributed by atoms with Crippen molar-refractivity contribution in [2.24, 2.45) is 0 Å². The van der Waals surface area contributed by atoms with Crippen LogP contribution in [-0.2, 0) is 16.4 Å². The minimum Gasteiger partial charge on any atom is -0.493 e. The molecule has 1 fully saturated rings. The predicted molar refractivity (Wildman–Crippen MR) is 84.6 cm³/mol. The molecule has 1 aromatic rings. The second kappa shape index (κ2) is 7.19. The first kappa shape index (κ1) is 16.9. The zero-order valence-corrected chi connectivity index (χ0v) is 14.0. The van der Waals surface area contributed by atoms with Crippen LogP contribution in [-0.4, -0.2) is 46.8 Å². The van der Waals surface area contributed by atoms with E-state index < -0.39 is 9.84 Å². The molecule has 1 aliphatic heterocycles. The Labute approximate surface area is 131 Å². The largest absolute Gasteiger partial charge is 0.493 e. The molecule has 2 rings (SSSR count). The maximum Gasteiger partial charge on any atom is 0.203 e. The van der Waals surface area contributed by atoms with Crippen LogP contribution in [0.5, 0.6) is 17.2 Å². The molecule has 7 heteroatoms. The topological polar surface area (TPSA) is 73.9 Å². The second-order valence-corrected chi connectivity index (χ2v) is 7.47. The summed E-state index contributed by atoms with van der Waals surface area (Å²) in [7, 11) is 0.291. The van der Waals surface area contributed by atoms with Crippen LogP contribution < -0.4 is 19.5 Å². The summed E-state index contributed by atoms with van der Waals surface area (Å²) in [5.74, 6) is 2.27. The van der Waals surface area contributed by atoms with Gasteiger partial charge in [-0.3, -0.25) is 0 Å². The van der Waals surface area contributed by atoms with E-state index in [4.69, 9.17) is 14.2 Å². The molecule has 0 spiro atoms. The molecule has 0 unspecified atom stereocenters. The molecule has 1 atom stereocenters. The number of sulfone groups is 1. The Balaban J connectivity index is 2.11. The molecular weight excluding hydrogens is 306 g/mol. The second-order valence-electron chi connectivity index (χ2n) is 5.24. The number of hydrogen-bond donors (Lipinski definition) is 1. The summed E-state index contributed by atoms with van der Waals surface area (Å²) in [5, 5.41) is 3.28. The molecule has 1 saturated heterocycles. The molecule has 1 aliphatic rings. The molecule has 0 saturated carbocycles. The number of hydrogen-bond acceptors (Lipinski definition) is 6. The Kier molecular flexibility index (Phi) is 5.52. The van der Waals surface area contributed by atoms with E-state index in [1.54, 1.807) is 14.2 Å². The Morgan fingerprint density at radius 1 is 1.23 bits per heavy atom. The number of methoxy groups -OCH3 is 2. The van der Waals surface area contributed by atoms with Crippen LogP contribution >= 0.6 is 0 Å². The van der Waals surface area contributed by atoms with Crippen molar-refractivity contribution in [2.45, 2.75) is 25.9 Å². The van der Waals surface area contributed by atoms with Crippen molar-refractivity contribution in [1.29, 1.82) is 0 Å². The van der Waals surface area contributed by atoms with E-state index in [1.165, 1.54) is 0 Å². The molecule has 0 aromatic heterocycles. The van der Waals surface area contributed by atoms with E-state index in [0.717, 1.165) is 5.56 Å². The average molecular weight is 329 g/mol. The van der Waals surface area contributed by atoms with Crippen molar-refractivity contribution in [3.8, 4) is 17.2 Å². The van der Waals surface area contributed by atoms with Crippen molar-refractivity contribution in [3.63, 3.8) is 0 Å². The molecule has 0 bridgehead atoms. The summed E-state index contributed by atoms with van der Waals surface area (Å²) in [5.41, 5.74) is 0.960. The number of rotatable bonds is 7. The van der Waals surface area contributed by atoms with Gasteiger partial charge >= 0.3 is 0 Å². The van der Waals surface area contributed by atoms with E-state index in [-0.39, 0.29) is 17.5 Å². The highest BCUT2D eigenvalue weighted by molar-refractivity contribution is 7.91. The third kappa shape index (κ3) is 4.04. The fourth-order valence-corrected chi connectivity index (χ4v) is 4.25. The summed E-state index contributed by atoms with van der Waals surface area (Å²) < 4.78 is 39.2. The lowest BCUT2D eigenvalue weighted by molar-refractivity contribution is 0.287. The van der Waals surface area contributed by atoms with Crippen LogP contribution in [0.3, 0.4) is 0 Å². The minimum atomic E-state index is -2.87. The van der Waals surface area contributed by atoms with Gasteiger partial charge in [0.05, 0.1) is 32.3 Å². The summed E-state index contributed by atoms with van der Waals surface area (Å²) in [6, 6.07) is 3.77. The number of ether oxygens (including phenoxy) is 3. The van der Waals surface area contributed by atoms with Gasteiger partial charge in [-0.05, 0) is 31.0 Å². The van der Waals surface area contributed by atoms with E-state index >= 15 is 0 Å². The molecule has 1 heterocycles. The van der Waals surface area contributed by atoms with Crippen molar-refractivity contribution < 1.29 is 22.6 Å². The van der Waals surface area contributed by atoms with Crippen LogP contribution in [0, 0.1) is 0 Å². The molecule has 0 amide bonds. The van der Waals surface area contributed by atoms with Gasteiger partial charge in [-0.25, -0.2) is 8.42 Å². The van der Waals surface area contributed by atoms with Crippen LogP contribution in [0.25, 0.3) is 0 Å². The Hall–Kier alpha value is -1.47. The van der Waals surface area contributed by atoms with Gasteiger partial charge in [-0.15, -0.1) is 0 Å². The first-order valence-corrected chi connectivity index (χ1v) is 9.12. The van der Waals surface area contributed by atoms with Gasteiger partial charge in [0.15, 0.2) is 21.3 Å². The lowest BCUT2D eigenvalue weighted by Crippen LogP contribution is -2.29. The highest BCUT2D eigenvalue weighted by Crippen LogP contribution is 2.38. The fourth-order valence-electron chi connectivity index (χ4n) is 2.54. The summed E-state index contributed by atoms with van der Waals surface area (Å²) in [6.45, 7) is 2.97. The summed E-state index contributed by atoms with van der Waals surface area (Å²) >= 11 is 0. The van der Waals surface area contributed by atoms with Gasteiger partial charge in [-0.1, -0.05) is 0 Å². The minimum absolute atomic E-state index is 0.00792. The van der Waals surface area contributed by atoms with Gasteiger partial charge in [0.2, 0.25) is 5.75 Å². The first-order chi connectivity index (χ1) is 10.5. The summed E-state index contributed by atoms with van der Waals surface area (Å²) in [6.07, 6.45) is 0.660. The van der Waals surface area contributed by atoms with Gasteiger partial charge in [0.25, 0.3) is 0 Å². The van der Waals surface area contributed by atoms with Crippen molar-refractivity contribution >= 4 is 9.84 Å². The van der Waals surface area contributed by atoms with Crippen LogP contribution in [0.1, 0.15) is 18.9 Å². The maximum atomic E-state index is 11.5. The van der Waals surface area contributed by atoms with E-state index in [9.17, 15) is 8.42 Å². The zero-order chi connectivity index (χ0) is 16.2. The quantitative estimate of drug-likeness (QED) is 0.815. The molecule has 22 heavy (non-hydrogen) atoms. The normalized spacial score (nSPS) is 19.9. The molecule has 1 N–H and O–H groups in total. The van der Waals surface area contributed by atoms with E-state index in [0.29, 0.717) is 36.8 Å². The van der Waals surface area contributed by atoms with Crippen molar-refractivity contribution in [2.75, 3.05) is 32.3 Å². The molecule has 0 radical (unpaired) electrons. The monoisotopic (exact) mass is 329 g/mol. The van der Waals surface area contributed by atoms with Crippen molar-refractivity contribution in [1.82, 2.24) is 5.32 Å². The summed E-state index contributed by atoms with van der Waals surface area (Å²) in [4.78, 5) is 0. The van der Waals surface area contributed by atoms with Gasteiger partial charge in [0.1, 0.15) is 0 Å². The molecule has 124 valence electrons. The van der Waals surface area contributed by atoms with Crippen LogP contribution in [0.15, 0.2) is 12.1 Å².